The van der Waals surface area contributed by atoms with Crippen LogP contribution < -0.4 is 10.1 Å². The van der Waals surface area contributed by atoms with Crippen LogP contribution in [0.15, 0.2) is 54.7 Å². The molecular formula is C30H34N4O3. The van der Waals surface area contributed by atoms with Gasteiger partial charge in [0.05, 0.1) is 36.6 Å². The first-order valence-corrected chi connectivity index (χ1v) is 13.2. The van der Waals surface area contributed by atoms with E-state index < -0.39 is 11.5 Å². The minimum absolute atomic E-state index is 0.216. The summed E-state index contributed by atoms with van der Waals surface area (Å²) in [5.74, 6) is 0.339. The van der Waals surface area contributed by atoms with Gasteiger partial charge >= 0.3 is 0 Å². The van der Waals surface area contributed by atoms with Crippen LogP contribution in [0.4, 0.5) is 0 Å². The van der Waals surface area contributed by atoms with E-state index in [-0.39, 0.29) is 11.9 Å². The zero-order valence-corrected chi connectivity index (χ0v) is 21.3. The first kappa shape index (κ1) is 25.2. The van der Waals surface area contributed by atoms with Crippen LogP contribution in [0.1, 0.15) is 60.1 Å². The van der Waals surface area contributed by atoms with E-state index in [4.69, 9.17) is 4.74 Å². The minimum Gasteiger partial charge on any atom is -0.495 e. The van der Waals surface area contributed by atoms with Crippen molar-refractivity contribution in [1.82, 2.24) is 15.2 Å². The van der Waals surface area contributed by atoms with E-state index in [2.05, 4.69) is 27.3 Å². The lowest BCUT2D eigenvalue weighted by Crippen LogP contribution is -2.45. The molecule has 0 unspecified atom stereocenters. The second-order valence-corrected chi connectivity index (χ2v) is 10.3. The number of amides is 1. The Morgan fingerprint density at radius 2 is 1.89 bits per heavy atom. The number of aliphatic hydroxyl groups is 1. The number of ether oxygens (including phenoxy) is 1. The average molecular weight is 499 g/mol. The van der Waals surface area contributed by atoms with Crippen molar-refractivity contribution < 1.29 is 14.6 Å². The van der Waals surface area contributed by atoms with Gasteiger partial charge in [-0.3, -0.25) is 14.7 Å². The van der Waals surface area contributed by atoms with Crippen molar-refractivity contribution in [3.8, 4) is 11.8 Å². The number of aliphatic hydroxyl groups excluding tert-OH is 1. The normalized spacial score (nSPS) is 21.8. The fourth-order valence-corrected chi connectivity index (χ4v) is 5.87. The van der Waals surface area contributed by atoms with Gasteiger partial charge in [-0.15, -0.1) is 0 Å². The molecule has 2 heterocycles. The molecule has 2 aromatic carbocycles. The van der Waals surface area contributed by atoms with Crippen molar-refractivity contribution in [3.05, 3.63) is 71.5 Å². The number of hydrogen-bond acceptors (Lipinski definition) is 6. The average Bonchev–Trinajstić information content (AvgIpc) is 2.95. The summed E-state index contributed by atoms with van der Waals surface area (Å²) in [4.78, 5) is 20.3. The van der Waals surface area contributed by atoms with Crippen LogP contribution in [0.25, 0.3) is 10.8 Å². The van der Waals surface area contributed by atoms with Crippen LogP contribution in [0, 0.1) is 11.3 Å². The number of rotatable bonds is 6. The van der Waals surface area contributed by atoms with E-state index in [0.717, 1.165) is 54.4 Å². The molecule has 7 heteroatoms. The molecule has 1 amide bonds. The van der Waals surface area contributed by atoms with Crippen LogP contribution >= 0.6 is 0 Å². The summed E-state index contributed by atoms with van der Waals surface area (Å²) in [5, 5.41) is 25.4. The van der Waals surface area contributed by atoms with Gasteiger partial charge in [0, 0.05) is 31.2 Å². The van der Waals surface area contributed by atoms with Gasteiger partial charge in [0.1, 0.15) is 11.2 Å². The van der Waals surface area contributed by atoms with Crippen molar-refractivity contribution in [2.75, 3.05) is 20.2 Å². The molecule has 2 aliphatic rings. The van der Waals surface area contributed by atoms with Gasteiger partial charge in [0.15, 0.2) is 0 Å². The zero-order chi connectivity index (χ0) is 25.8. The van der Waals surface area contributed by atoms with E-state index >= 15 is 0 Å². The number of piperidine rings is 1. The second-order valence-electron chi connectivity index (χ2n) is 10.3. The Hall–Kier alpha value is -3.47. The highest BCUT2D eigenvalue weighted by Gasteiger charge is 2.38. The fraction of sp³-hybridized carbons (Fsp3) is 0.433. The van der Waals surface area contributed by atoms with Gasteiger partial charge in [-0.25, -0.2) is 0 Å². The molecule has 1 saturated carbocycles. The minimum atomic E-state index is -0.564. The number of hydrogen-bond donors (Lipinski definition) is 2. The van der Waals surface area contributed by atoms with Gasteiger partial charge in [-0.05, 0) is 54.8 Å². The maximum Gasteiger partial charge on any atom is 0.255 e. The summed E-state index contributed by atoms with van der Waals surface area (Å²) in [7, 11) is 1.59. The molecular weight excluding hydrogens is 464 g/mol. The molecule has 5 rings (SSSR count). The number of aromatic nitrogens is 1. The number of nitriles is 1. The van der Waals surface area contributed by atoms with Crippen molar-refractivity contribution in [3.63, 3.8) is 0 Å². The van der Waals surface area contributed by atoms with Crippen LogP contribution in [-0.2, 0) is 12.0 Å². The molecule has 1 aliphatic heterocycles. The lowest BCUT2D eigenvalue weighted by molar-refractivity contribution is 0.0715. The number of pyridine rings is 1. The second kappa shape index (κ2) is 10.9. The highest BCUT2D eigenvalue weighted by atomic mass is 16.5. The van der Waals surface area contributed by atoms with Crippen molar-refractivity contribution >= 4 is 16.7 Å². The van der Waals surface area contributed by atoms with E-state index in [1.165, 1.54) is 0 Å². The molecule has 1 aromatic heterocycles. The first-order chi connectivity index (χ1) is 18.0. The molecule has 37 heavy (non-hydrogen) atoms. The number of carbonyl (C=O) groups excluding carboxylic acids is 1. The van der Waals surface area contributed by atoms with Crippen molar-refractivity contribution in [1.29, 1.82) is 5.26 Å². The summed E-state index contributed by atoms with van der Waals surface area (Å²) in [6, 6.07) is 18.0. The summed E-state index contributed by atoms with van der Waals surface area (Å²) in [6.45, 7) is 2.20. The smallest absolute Gasteiger partial charge is 0.255 e. The third-order valence-electron chi connectivity index (χ3n) is 8.05. The van der Waals surface area contributed by atoms with Gasteiger partial charge in [0.2, 0.25) is 0 Å². The molecule has 0 spiro atoms. The molecule has 192 valence electrons. The largest absolute Gasteiger partial charge is 0.495 e. The standard InChI is InChI=1S/C30H34N4O3/c1-37-28-23-9-3-2-8-22(23)21(18-24(28)29(36)33-25-10-4-5-11-26(25)35)19-34-16-13-30(20-31,14-17-34)27-12-6-7-15-32-27/h2-3,6-9,12,15,18,25-26,35H,4-5,10-11,13-14,16-17,19H2,1H3,(H,33,36)/t25-,26-/m0/s1. The maximum atomic E-state index is 13.4. The van der Waals surface area contributed by atoms with Crippen molar-refractivity contribution in [2.24, 2.45) is 0 Å². The van der Waals surface area contributed by atoms with Crippen LogP contribution in [-0.4, -0.2) is 53.2 Å². The number of benzene rings is 2. The number of fused-ring (bicyclic) bond motifs is 1. The number of methoxy groups -OCH3 is 1. The predicted molar refractivity (Wildman–Crippen MR) is 142 cm³/mol. The molecule has 2 atom stereocenters. The van der Waals surface area contributed by atoms with Gasteiger partial charge < -0.3 is 15.2 Å². The summed E-state index contributed by atoms with van der Waals surface area (Å²) in [5.41, 5.74) is 1.82. The number of likely N-dealkylation sites (tertiary alicyclic amines) is 1. The predicted octanol–water partition coefficient (Wildman–Crippen LogP) is 4.33. The Kier molecular flexibility index (Phi) is 7.40. The fourth-order valence-electron chi connectivity index (χ4n) is 5.87. The Bertz CT molecular complexity index is 1300. The molecule has 2 fully saturated rings. The number of nitrogens with one attached hydrogen (secondary N) is 1. The molecule has 0 radical (unpaired) electrons. The summed E-state index contributed by atoms with van der Waals surface area (Å²) in [6.07, 6.45) is 6.13. The van der Waals surface area contributed by atoms with Crippen LogP contribution in [0.5, 0.6) is 5.75 Å². The highest BCUT2D eigenvalue weighted by molar-refractivity contribution is 6.05. The van der Waals surface area contributed by atoms with Gasteiger partial charge in [-0.1, -0.05) is 43.2 Å². The summed E-state index contributed by atoms with van der Waals surface area (Å²) < 4.78 is 5.75. The third-order valence-corrected chi connectivity index (χ3v) is 8.05. The Morgan fingerprint density at radius 1 is 1.16 bits per heavy atom. The number of nitrogens with zero attached hydrogens (tertiary/aromatic N) is 3. The third kappa shape index (κ3) is 5.04. The van der Waals surface area contributed by atoms with E-state index in [1.807, 2.05) is 42.5 Å². The molecule has 0 bridgehead atoms. The van der Waals surface area contributed by atoms with Gasteiger partial charge in [-0.2, -0.15) is 5.26 Å². The van der Waals surface area contributed by atoms with Crippen molar-refractivity contribution in [2.45, 2.75) is 62.6 Å². The molecule has 1 aliphatic carbocycles. The Balaban J connectivity index is 1.41. The quantitative estimate of drug-likeness (QED) is 0.525. The lowest BCUT2D eigenvalue weighted by atomic mass is 9.76. The summed E-state index contributed by atoms with van der Waals surface area (Å²) >= 11 is 0. The van der Waals surface area contributed by atoms with Crippen LogP contribution in [0.2, 0.25) is 0 Å². The topological polar surface area (TPSA) is 98.5 Å². The molecule has 1 saturated heterocycles. The van der Waals surface area contributed by atoms with E-state index in [0.29, 0.717) is 37.1 Å². The first-order valence-electron chi connectivity index (χ1n) is 13.2. The SMILES string of the molecule is COc1c(C(=O)N[C@H]2CCCC[C@@H]2O)cc(CN2CCC(C#N)(c3ccccn3)CC2)c2ccccc12. The lowest BCUT2D eigenvalue weighted by Gasteiger charge is -2.37. The van der Waals surface area contributed by atoms with Crippen LogP contribution in [0.3, 0.4) is 0 Å². The van der Waals surface area contributed by atoms with E-state index in [9.17, 15) is 15.2 Å². The Morgan fingerprint density at radius 3 is 2.57 bits per heavy atom. The molecule has 3 aromatic rings. The Labute approximate surface area is 218 Å². The highest BCUT2D eigenvalue weighted by Crippen LogP contribution is 2.37. The van der Waals surface area contributed by atoms with Gasteiger partial charge in [0.25, 0.3) is 5.91 Å². The zero-order valence-electron chi connectivity index (χ0n) is 21.3. The molecule has 7 nitrogen and oxygen atoms in total. The maximum absolute atomic E-state index is 13.4. The molecule has 2 N–H and O–H groups in total. The monoisotopic (exact) mass is 498 g/mol. The van der Waals surface area contributed by atoms with E-state index in [1.54, 1.807) is 13.3 Å². The number of carbonyl (C=O) groups is 1.